The molecule has 0 unspecified atom stereocenters. The zero-order valence-corrected chi connectivity index (χ0v) is 15.2. The van der Waals surface area contributed by atoms with E-state index in [1.807, 2.05) is 5.32 Å². The van der Waals surface area contributed by atoms with Gasteiger partial charge < -0.3 is 15.2 Å². The van der Waals surface area contributed by atoms with Crippen molar-refractivity contribution in [2.75, 3.05) is 6.26 Å². The molecule has 2 rings (SSSR count). The molecule has 132 valence electrons. The van der Waals surface area contributed by atoms with Gasteiger partial charge in [0.05, 0.1) is 18.9 Å². The van der Waals surface area contributed by atoms with Crippen molar-refractivity contribution >= 4 is 57.4 Å². The first kappa shape index (κ1) is 19.5. The Labute approximate surface area is 152 Å². The van der Waals surface area contributed by atoms with Gasteiger partial charge in [0.25, 0.3) is 0 Å². The van der Waals surface area contributed by atoms with Crippen molar-refractivity contribution in [1.82, 2.24) is 5.32 Å². The standard InChI is InChI=1S/C13H13BN2O6S3/c1-23-12-10(6-9(24-12)11(15)16-13(17)18)25(21,22)8-4-2-3-7(5-8)14(19)20/h2-6,19-20H,1H3,(H2,15,16)(H,17,18). The summed E-state index contributed by atoms with van der Waals surface area (Å²) in [7, 11) is -5.79. The van der Waals surface area contributed by atoms with E-state index < -0.39 is 28.9 Å². The van der Waals surface area contributed by atoms with Crippen LogP contribution in [-0.4, -0.2) is 48.9 Å². The summed E-state index contributed by atoms with van der Waals surface area (Å²) in [6.45, 7) is 0. The SMILES string of the molecule is CSc1sc(C(=N)NC(=O)O)cc1S(=O)(=O)c1cccc(B(O)O)c1. The average Bonchev–Trinajstić information content (AvgIpc) is 2.99. The fourth-order valence-electron chi connectivity index (χ4n) is 1.95. The van der Waals surface area contributed by atoms with Crippen LogP contribution in [0, 0.1) is 5.41 Å². The lowest BCUT2D eigenvalue weighted by Gasteiger charge is -2.06. The van der Waals surface area contributed by atoms with Crippen LogP contribution in [0.25, 0.3) is 0 Å². The van der Waals surface area contributed by atoms with Gasteiger partial charge in [0.1, 0.15) is 5.84 Å². The van der Waals surface area contributed by atoms with Crippen LogP contribution in [-0.2, 0) is 9.84 Å². The van der Waals surface area contributed by atoms with Crippen molar-refractivity contribution < 1.29 is 28.4 Å². The number of rotatable bonds is 5. The molecule has 0 saturated carbocycles. The van der Waals surface area contributed by atoms with Crippen molar-refractivity contribution in [3.63, 3.8) is 0 Å². The topological polar surface area (TPSA) is 148 Å². The van der Waals surface area contributed by atoms with Gasteiger partial charge in [-0.2, -0.15) is 0 Å². The summed E-state index contributed by atoms with van der Waals surface area (Å²) in [6, 6.07) is 6.48. The van der Waals surface area contributed by atoms with E-state index >= 15 is 0 Å². The van der Waals surface area contributed by atoms with Gasteiger partial charge in [0, 0.05) is 0 Å². The number of amides is 1. The number of carboxylic acid groups (broad SMARTS) is 1. The molecule has 0 aliphatic rings. The monoisotopic (exact) mass is 400 g/mol. The minimum atomic E-state index is -3.98. The number of thioether (sulfide) groups is 1. The molecule has 5 N–H and O–H groups in total. The Morgan fingerprint density at radius 1 is 1.32 bits per heavy atom. The van der Waals surface area contributed by atoms with Crippen LogP contribution in [0.4, 0.5) is 4.79 Å². The normalized spacial score (nSPS) is 11.2. The molecule has 0 bridgehead atoms. The van der Waals surface area contributed by atoms with E-state index in [2.05, 4.69) is 0 Å². The van der Waals surface area contributed by atoms with E-state index in [1.54, 1.807) is 6.26 Å². The summed E-state index contributed by atoms with van der Waals surface area (Å²) in [6.07, 6.45) is 0.245. The largest absolute Gasteiger partial charge is 0.488 e. The highest BCUT2D eigenvalue weighted by Gasteiger charge is 2.26. The van der Waals surface area contributed by atoms with Crippen molar-refractivity contribution in [2.24, 2.45) is 0 Å². The average molecular weight is 400 g/mol. The van der Waals surface area contributed by atoms with E-state index in [1.165, 1.54) is 24.3 Å². The number of amidine groups is 1. The highest BCUT2D eigenvalue weighted by atomic mass is 32.2. The molecule has 0 fully saturated rings. The van der Waals surface area contributed by atoms with Gasteiger partial charge in [-0.25, -0.2) is 13.2 Å². The highest BCUT2D eigenvalue weighted by Crippen LogP contribution is 2.36. The quantitative estimate of drug-likeness (QED) is 0.213. The number of hydrogen-bond acceptors (Lipinski definition) is 8. The molecule has 12 heteroatoms. The summed E-state index contributed by atoms with van der Waals surface area (Å²) in [5, 5.41) is 36.7. The van der Waals surface area contributed by atoms with Gasteiger partial charge in [-0.15, -0.1) is 23.1 Å². The molecule has 2 aromatic rings. The van der Waals surface area contributed by atoms with Gasteiger partial charge in [-0.1, -0.05) is 12.1 Å². The minimum Gasteiger partial charge on any atom is -0.465 e. The molecule has 0 aliphatic carbocycles. The smallest absolute Gasteiger partial charge is 0.465 e. The zero-order valence-electron chi connectivity index (χ0n) is 12.8. The van der Waals surface area contributed by atoms with Gasteiger partial charge in [0.15, 0.2) is 0 Å². The van der Waals surface area contributed by atoms with Crippen LogP contribution in [0.5, 0.6) is 0 Å². The minimum absolute atomic E-state index is 0.0301. The van der Waals surface area contributed by atoms with Crippen LogP contribution >= 0.6 is 23.1 Å². The van der Waals surface area contributed by atoms with Crippen LogP contribution in [0.1, 0.15) is 4.88 Å². The molecular formula is C13H13BN2O6S3. The van der Waals surface area contributed by atoms with Gasteiger partial charge in [-0.3, -0.25) is 10.7 Å². The number of benzene rings is 1. The first-order chi connectivity index (χ1) is 11.7. The van der Waals surface area contributed by atoms with E-state index in [0.717, 1.165) is 29.2 Å². The molecule has 1 amide bonds. The molecule has 0 radical (unpaired) electrons. The molecule has 25 heavy (non-hydrogen) atoms. The van der Waals surface area contributed by atoms with Crippen LogP contribution < -0.4 is 10.8 Å². The number of carbonyl (C=O) groups is 1. The Balaban J connectivity index is 2.52. The summed E-state index contributed by atoms with van der Waals surface area (Å²) >= 11 is 2.13. The molecular weight excluding hydrogens is 387 g/mol. The Morgan fingerprint density at radius 2 is 2.00 bits per heavy atom. The maximum Gasteiger partial charge on any atom is 0.488 e. The third-order valence-corrected chi connectivity index (χ3v) is 7.41. The molecule has 0 atom stereocenters. The third kappa shape index (κ3) is 4.22. The Bertz CT molecular complexity index is 926. The molecule has 0 spiro atoms. The number of sulfone groups is 1. The van der Waals surface area contributed by atoms with Crippen molar-refractivity contribution in [2.45, 2.75) is 14.0 Å². The maximum absolute atomic E-state index is 12.9. The lowest BCUT2D eigenvalue weighted by Crippen LogP contribution is -2.30. The van der Waals surface area contributed by atoms with E-state index in [0.29, 0.717) is 4.21 Å². The number of hydrogen-bond donors (Lipinski definition) is 5. The summed E-state index contributed by atoms with van der Waals surface area (Å²) in [5.41, 5.74) is 0.0301. The van der Waals surface area contributed by atoms with Crippen LogP contribution in [0.15, 0.2) is 44.3 Å². The van der Waals surface area contributed by atoms with Crippen LogP contribution in [0.2, 0.25) is 0 Å². The second kappa shape index (κ2) is 7.58. The number of nitrogens with one attached hydrogen (secondary N) is 2. The molecule has 8 nitrogen and oxygen atoms in total. The lowest BCUT2D eigenvalue weighted by molar-refractivity contribution is 0.200. The van der Waals surface area contributed by atoms with E-state index in [-0.39, 0.29) is 20.1 Å². The van der Waals surface area contributed by atoms with Gasteiger partial charge >= 0.3 is 13.2 Å². The van der Waals surface area contributed by atoms with Crippen molar-refractivity contribution in [1.29, 1.82) is 5.41 Å². The maximum atomic E-state index is 12.9. The molecule has 1 heterocycles. The predicted octanol–water partition coefficient (Wildman–Crippen LogP) is 0.576. The van der Waals surface area contributed by atoms with Gasteiger partial charge in [-0.05, 0) is 29.9 Å². The fraction of sp³-hybridized carbons (Fsp3) is 0.0769. The summed E-state index contributed by atoms with van der Waals surface area (Å²) < 4.78 is 26.1. The lowest BCUT2D eigenvalue weighted by atomic mass is 9.80. The molecule has 1 aromatic heterocycles. The third-order valence-electron chi connectivity index (χ3n) is 3.09. The first-order valence-electron chi connectivity index (χ1n) is 6.64. The van der Waals surface area contributed by atoms with E-state index in [9.17, 15) is 23.3 Å². The fourth-order valence-corrected chi connectivity index (χ4v) is 5.90. The Kier molecular flexibility index (Phi) is 5.90. The molecule has 0 saturated heterocycles. The van der Waals surface area contributed by atoms with Gasteiger partial charge in [0.2, 0.25) is 9.84 Å². The summed E-state index contributed by atoms with van der Waals surface area (Å²) in [4.78, 5) is 10.6. The van der Waals surface area contributed by atoms with Crippen molar-refractivity contribution in [3.8, 4) is 0 Å². The predicted molar refractivity (Wildman–Crippen MR) is 95.8 cm³/mol. The molecule has 1 aromatic carbocycles. The summed E-state index contributed by atoms with van der Waals surface area (Å²) in [5.74, 6) is -0.422. The second-order valence-electron chi connectivity index (χ2n) is 4.72. The zero-order chi connectivity index (χ0) is 18.8. The number of thiophene rings is 1. The Hall–Kier alpha value is -1.86. The first-order valence-corrected chi connectivity index (χ1v) is 10.2. The van der Waals surface area contributed by atoms with E-state index in [4.69, 9.17) is 10.5 Å². The second-order valence-corrected chi connectivity index (χ2v) is 8.77. The Morgan fingerprint density at radius 3 is 2.56 bits per heavy atom. The van der Waals surface area contributed by atoms with Crippen LogP contribution in [0.3, 0.4) is 0 Å². The van der Waals surface area contributed by atoms with Crippen molar-refractivity contribution in [3.05, 3.63) is 35.2 Å². The molecule has 0 aliphatic heterocycles. The highest BCUT2D eigenvalue weighted by molar-refractivity contribution is 8.01.